The van der Waals surface area contributed by atoms with Gasteiger partial charge in [0.05, 0.1) is 5.02 Å². The van der Waals surface area contributed by atoms with Crippen molar-refractivity contribution >= 4 is 11.6 Å². The van der Waals surface area contributed by atoms with Crippen molar-refractivity contribution in [3.05, 3.63) is 40.8 Å². The molecule has 0 bridgehead atoms. The van der Waals surface area contributed by atoms with Gasteiger partial charge in [0.1, 0.15) is 0 Å². The summed E-state index contributed by atoms with van der Waals surface area (Å²) in [5.74, 6) is 1.81. The highest BCUT2D eigenvalue weighted by molar-refractivity contribution is 6.31. The third-order valence-corrected chi connectivity index (χ3v) is 4.00. The first kappa shape index (κ1) is 13.5. The summed E-state index contributed by atoms with van der Waals surface area (Å²) in [6.45, 7) is 4.69. The Kier molecular flexibility index (Phi) is 3.98. The molecular formula is C14H17ClN4O. The van der Waals surface area contributed by atoms with Gasteiger partial charge in [0.25, 0.3) is 0 Å². The molecule has 0 unspecified atom stereocenters. The van der Waals surface area contributed by atoms with Crippen LogP contribution in [0.3, 0.4) is 0 Å². The molecule has 1 fully saturated rings. The van der Waals surface area contributed by atoms with E-state index in [0.29, 0.717) is 11.8 Å². The van der Waals surface area contributed by atoms with Crippen LogP contribution in [0.4, 0.5) is 0 Å². The van der Waals surface area contributed by atoms with Gasteiger partial charge in [-0.3, -0.25) is 9.88 Å². The van der Waals surface area contributed by atoms with Crippen molar-refractivity contribution in [1.29, 1.82) is 0 Å². The minimum atomic E-state index is 0.349. The van der Waals surface area contributed by atoms with Crippen LogP contribution < -0.4 is 0 Å². The monoisotopic (exact) mass is 292 g/mol. The topological polar surface area (TPSA) is 55.1 Å². The summed E-state index contributed by atoms with van der Waals surface area (Å²) in [4.78, 5) is 10.8. The van der Waals surface area contributed by atoms with Crippen molar-refractivity contribution < 1.29 is 4.52 Å². The van der Waals surface area contributed by atoms with Gasteiger partial charge in [-0.2, -0.15) is 4.98 Å². The summed E-state index contributed by atoms with van der Waals surface area (Å²) >= 11 is 6.17. The number of aryl methyl sites for hydroxylation is 1. The van der Waals surface area contributed by atoms with E-state index in [1.54, 1.807) is 12.4 Å². The summed E-state index contributed by atoms with van der Waals surface area (Å²) in [5.41, 5.74) is 1.12. The smallest absolute Gasteiger partial charge is 0.223 e. The SMILES string of the molecule is Cc1nc([C@H]2CCCN(Cc3ccncc3Cl)C2)no1. The van der Waals surface area contributed by atoms with Crippen molar-refractivity contribution in [2.75, 3.05) is 13.1 Å². The fourth-order valence-electron chi connectivity index (χ4n) is 2.66. The molecule has 20 heavy (non-hydrogen) atoms. The Morgan fingerprint density at radius 3 is 3.15 bits per heavy atom. The number of halogens is 1. The molecule has 3 heterocycles. The van der Waals surface area contributed by atoms with Crippen LogP contribution in [0, 0.1) is 6.92 Å². The number of aromatic nitrogens is 3. The van der Waals surface area contributed by atoms with Crippen LogP contribution in [-0.4, -0.2) is 33.1 Å². The number of likely N-dealkylation sites (tertiary alicyclic amines) is 1. The van der Waals surface area contributed by atoms with E-state index < -0.39 is 0 Å². The van der Waals surface area contributed by atoms with Gasteiger partial charge < -0.3 is 4.52 Å². The molecule has 2 aromatic rings. The molecule has 3 rings (SSSR count). The largest absolute Gasteiger partial charge is 0.340 e. The number of hydrogen-bond acceptors (Lipinski definition) is 5. The van der Waals surface area contributed by atoms with Crippen molar-refractivity contribution in [2.24, 2.45) is 0 Å². The average molecular weight is 293 g/mol. The molecule has 0 aromatic carbocycles. The maximum absolute atomic E-state index is 6.17. The van der Waals surface area contributed by atoms with Gasteiger partial charge in [-0.1, -0.05) is 16.8 Å². The normalized spacial score (nSPS) is 20.2. The van der Waals surface area contributed by atoms with E-state index in [1.165, 1.54) is 0 Å². The number of piperidine rings is 1. The van der Waals surface area contributed by atoms with Crippen LogP contribution >= 0.6 is 11.6 Å². The predicted octanol–water partition coefficient (Wildman–Crippen LogP) is 2.81. The van der Waals surface area contributed by atoms with Gasteiger partial charge in [-0.05, 0) is 31.0 Å². The minimum Gasteiger partial charge on any atom is -0.340 e. The fraction of sp³-hybridized carbons (Fsp3) is 0.500. The van der Waals surface area contributed by atoms with Gasteiger partial charge >= 0.3 is 0 Å². The predicted molar refractivity (Wildman–Crippen MR) is 75.5 cm³/mol. The van der Waals surface area contributed by atoms with Crippen LogP contribution in [0.5, 0.6) is 0 Å². The molecule has 0 radical (unpaired) electrons. The fourth-order valence-corrected chi connectivity index (χ4v) is 2.84. The minimum absolute atomic E-state index is 0.349. The van der Waals surface area contributed by atoms with Gasteiger partial charge in [0, 0.05) is 38.3 Å². The zero-order valence-corrected chi connectivity index (χ0v) is 12.2. The second kappa shape index (κ2) is 5.89. The number of rotatable bonds is 3. The summed E-state index contributed by atoms with van der Waals surface area (Å²) in [5, 5.41) is 4.78. The molecule has 0 amide bonds. The highest BCUT2D eigenvalue weighted by Crippen LogP contribution is 2.26. The first-order valence-corrected chi connectivity index (χ1v) is 7.21. The first-order chi connectivity index (χ1) is 9.72. The van der Waals surface area contributed by atoms with Gasteiger partial charge in [0.2, 0.25) is 5.89 Å². The van der Waals surface area contributed by atoms with Gasteiger partial charge in [-0.15, -0.1) is 0 Å². The number of hydrogen-bond donors (Lipinski definition) is 0. The van der Waals surface area contributed by atoms with Gasteiger partial charge in [0.15, 0.2) is 5.82 Å². The van der Waals surface area contributed by atoms with E-state index in [1.807, 2.05) is 13.0 Å². The zero-order valence-electron chi connectivity index (χ0n) is 11.4. The maximum Gasteiger partial charge on any atom is 0.223 e. The number of pyridine rings is 1. The zero-order chi connectivity index (χ0) is 13.9. The van der Waals surface area contributed by atoms with E-state index in [2.05, 4.69) is 20.0 Å². The van der Waals surface area contributed by atoms with Crippen LogP contribution in [0.1, 0.15) is 36.0 Å². The van der Waals surface area contributed by atoms with Crippen molar-refractivity contribution in [3.63, 3.8) is 0 Å². The molecule has 1 aliphatic rings. The van der Waals surface area contributed by atoms with Crippen LogP contribution in [0.25, 0.3) is 0 Å². The standard InChI is InChI=1S/C14H17ClN4O/c1-10-17-14(18-20-10)12-3-2-6-19(9-12)8-11-4-5-16-7-13(11)15/h4-5,7,12H,2-3,6,8-9H2,1H3/t12-/m0/s1. The molecule has 1 aliphatic heterocycles. The summed E-state index contributed by atoms with van der Waals surface area (Å²) in [6.07, 6.45) is 5.73. The van der Waals surface area contributed by atoms with E-state index in [-0.39, 0.29) is 0 Å². The van der Waals surface area contributed by atoms with Gasteiger partial charge in [-0.25, -0.2) is 0 Å². The van der Waals surface area contributed by atoms with Crippen LogP contribution in [0.15, 0.2) is 23.0 Å². The average Bonchev–Trinajstić information content (AvgIpc) is 2.89. The molecule has 5 nitrogen and oxygen atoms in total. The lowest BCUT2D eigenvalue weighted by atomic mass is 9.97. The summed E-state index contributed by atoms with van der Waals surface area (Å²) in [7, 11) is 0. The molecule has 2 aromatic heterocycles. The quantitative estimate of drug-likeness (QED) is 0.871. The summed E-state index contributed by atoms with van der Waals surface area (Å²) < 4.78 is 5.08. The Labute approximate surface area is 123 Å². The lowest BCUT2D eigenvalue weighted by Gasteiger charge is -2.31. The van der Waals surface area contributed by atoms with Crippen LogP contribution in [0.2, 0.25) is 5.02 Å². The number of nitrogens with zero attached hydrogens (tertiary/aromatic N) is 4. The highest BCUT2D eigenvalue weighted by Gasteiger charge is 2.25. The molecule has 0 spiro atoms. The molecular weight excluding hydrogens is 276 g/mol. The van der Waals surface area contributed by atoms with E-state index in [0.717, 1.165) is 48.9 Å². The molecule has 0 saturated carbocycles. The molecule has 1 atom stereocenters. The molecule has 106 valence electrons. The lowest BCUT2D eigenvalue weighted by molar-refractivity contribution is 0.194. The van der Waals surface area contributed by atoms with Crippen molar-refractivity contribution in [1.82, 2.24) is 20.0 Å². The first-order valence-electron chi connectivity index (χ1n) is 6.83. The highest BCUT2D eigenvalue weighted by atomic mass is 35.5. The maximum atomic E-state index is 6.17. The second-order valence-electron chi connectivity index (χ2n) is 5.21. The van der Waals surface area contributed by atoms with Crippen molar-refractivity contribution in [2.45, 2.75) is 32.2 Å². The molecule has 1 saturated heterocycles. The van der Waals surface area contributed by atoms with E-state index in [9.17, 15) is 0 Å². The third kappa shape index (κ3) is 2.99. The Hall–Kier alpha value is -1.46. The Bertz CT molecular complexity index is 586. The second-order valence-corrected chi connectivity index (χ2v) is 5.62. The van der Waals surface area contributed by atoms with E-state index >= 15 is 0 Å². The Morgan fingerprint density at radius 2 is 2.40 bits per heavy atom. The van der Waals surface area contributed by atoms with E-state index in [4.69, 9.17) is 16.1 Å². The van der Waals surface area contributed by atoms with Crippen LogP contribution in [-0.2, 0) is 6.54 Å². The molecule has 0 aliphatic carbocycles. The Balaban J connectivity index is 1.68. The molecule has 6 heteroatoms. The van der Waals surface area contributed by atoms with Crippen molar-refractivity contribution in [3.8, 4) is 0 Å². The lowest BCUT2D eigenvalue weighted by Crippen LogP contribution is -2.34. The molecule has 0 N–H and O–H groups in total. The third-order valence-electron chi connectivity index (χ3n) is 3.66. The Morgan fingerprint density at radius 1 is 1.50 bits per heavy atom. The summed E-state index contributed by atoms with van der Waals surface area (Å²) in [6, 6.07) is 1.98.